The van der Waals surface area contributed by atoms with Crippen molar-refractivity contribution in [2.75, 3.05) is 6.61 Å². The quantitative estimate of drug-likeness (QED) is 0.801. The van der Waals surface area contributed by atoms with Gasteiger partial charge in [-0.2, -0.15) is 0 Å². The number of aryl methyl sites for hydroxylation is 1. The molecule has 0 aliphatic heterocycles. The summed E-state index contributed by atoms with van der Waals surface area (Å²) in [6, 6.07) is 7.69. The molecule has 0 spiro atoms. The molecular weight excluding hydrogens is 204 g/mol. The van der Waals surface area contributed by atoms with E-state index in [4.69, 9.17) is 9.84 Å². The van der Waals surface area contributed by atoms with E-state index >= 15 is 0 Å². The Labute approximate surface area is 95.0 Å². The molecule has 0 heterocycles. The van der Waals surface area contributed by atoms with Gasteiger partial charge in [0.2, 0.25) is 0 Å². The van der Waals surface area contributed by atoms with Crippen LogP contribution in [0.2, 0.25) is 0 Å². The Morgan fingerprint density at radius 3 is 2.81 bits per heavy atom. The summed E-state index contributed by atoms with van der Waals surface area (Å²) in [5, 5.41) is 8.65. The third kappa shape index (κ3) is 3.26. The third-order valence-electron chi connectivity index (χ3n) is 2.75. The molecule has 2 rings (SSSR count). The fourth-order valence-electron chi connectivity index (χ4n) is 1.58. The Bertz CT molecular complexity index is 369. The number of hydrogen-bond acceptors (Lipinski definition) is 2. The van der Waals surface area contributed by atoms with Gasteiger partial charge in [-0.3, -0.25) is 4.79 Å². The van der Waals surface area contributed by atoms with Crippen molar-refractivity contribution < 1.29 is 14.6 Å². The van der Waals surface area contributed by atoms with Crippen LogP contribution in [-0.2, 0) is 11.2 Å². The summed E-state index contributed by atoms with van der Waals surface area (Å²) in [6.45, 7) is 0.768. The molecule has 3 nitrogen and oxygen atoms in total. The smallest absolute Gasteiger partial charge is 0.303 e. The monoisotopic (exact) mass is 220 g/mol. The molecule has 1 aromatic carbocycles. The van der Waals surface area contributed by atoms with Crippen LogP contribution < -0.4 is 4.74 Å². The first-order valence-electron chi connectivity index (χ1n) is 5.68. The van der Waals surface area contributed by atoms with E-state index in [0.29, 0.717) is 12.3 Å². The molecule has 1 saturated carbocycles. The van der Waals surface area contributed by atoms with Crippen LogP contribution in [-0.4, -0.2) is 17.7 Å². The van der Waals surface area contributed by atoms with Crippen molar-refractivity contribution in [3.05, 3.63) is 29.8 Å². The number of rotatable bonds is 6. The van der Waals surface area contributed by atoms with Gasteiger partial charge in [-0.25, -0.2) is 0 Å². The standard InChI is InChI=1S/C13H16O3/c14-13(15)8-7-11-3-1-2-4-12(11)16-9-10-5-6-10/h1-4,10H,5-9H2,(H,14,15). The van der Waals surface area contributed by atoms with Crippen LogP contribution in [0.25, 0.3) is 0 Å². The second kappa shape index (κ2) is 5.01. The van der Waals surface area contributed by atoms with Gasteiger partial charge in [0.1, 0.15) is 5.75 Å². The van der Waals surface area contributed by atoms with Crippen LogP contribution in [0.15, 0.2) is 24.3 Å². The molecule has 1 aliphatic rings. The van der Waals surface area contributed by atoms with Gasteiger partial charge in [0.15, 0.2) is 0 Å². The van der Waals surface area contributed by atoms with Crippen LogP contribution in [0, 0.1) is 5.92 Å². The highest BCUT2D eigenvalue weighted by atomic mass is 16.5. The van der Waals surface area contributed by atoms with Crippen molar-refractivity contribution in [1.82, 2.24) is 0 Å². The number of benzene rings is 1. The van der Waals surface area contributed by atoms with Crippen molar-refractivity contribution in [3.63, 3.8) is 0 Å². The normalized spacial score (nSPS) is 14.8. The summed E-state index contributed by atoms with van der Waals surface area (Å²) in [6.07, 6.45) is 3.22. The third-order valence-corrected chi connectivity index (χ3v) is 2.75. The van der Waals surface area contributed by atoms with E-state index in [1.165, 1.54) is 12.8 Å². The van der Waals surface area contributed by atoms with Crippen LogP contribution >= 0.6 is 0 Å². The zero-order valence-electron chi connectivity index (χ0n) is 9.19. The first-order valence-corrected chi connectivity index (χ1v) is 5.68. The van der Waals surface area contributed by atoms with Crippen LogP contribution in [0.5, 0.6) is 5.75 Å². The Kier molecular flexibility index (Phi) is 3.44. The molecule has 3 heteroatoms. The molecule has 86 valence electrons. The maximum Gasteiger partial charge on any atom is 0.303 e. The lowest BCUT2D eigenvalue weighted by Crippen LogP contribution is -2.03. The summed E-state index contributed by atoms with van der Waals surface area (Å²) < 4.78 is 5.70. The highest BCUT2D eigenvalue weighted by Crippen LogP contribution is 2.30. The van der Waals surface area contributed by atoms with Crippen molar-refractivity contribution in [2.24, 2.45) is 5.92 Å². The van der Waals surface area contributed by atoms with Gasteiger partial charge < -0.3 is 9.84 Å². The van der Waals surface area contributed by atoms with Gasteiger partial charge in [-0.1, -0.05) is 18.2 Å². The Hall–Kier alpha value is -1.51. The van der Waals surface area contributed by atoms with Crippen molar-refractivity contribution in [2.45, 2.75) is 25.7 Å². The van der Waals surface area contributed by atoms with Crippen LogP contribution in [0.3, 0.4) is 0 Å². The second-order valence-corrected chi connectivity index (χ2v) is 4.26. The number of carboxylic acid groups (broad SMARTS) is 1. The minimum Gasteiger partial charge on any atom is -0.493 e. The molecular formula is C13H16O3. The fraction of sp³-hybridized carbons (Fsp3) is 0.462. The predicted octanol–water partition coefficient (Wildman–Crippen LogP) is 2.49. The molecule has 0 amide bonds. The lowest BCUT2D eigenvalue weighted by Gasteiger charge is -2.10. The van der Waals surface area contributed by atoms with Crippen LogP contribution in [0.4, 0.5) is 0 Å². The summed E-state index contributed by atoms with van der Waals surface area (Å²) in [5.74, 6) is 0.792. The highest BCUT2D eigenvalue weighted by molar-refractivity contribution is 5.67. The van der Waals surface area contributed by atoms with E-state index in [1.807, 2.05) is 24.3 Å². The Morgan fingerprint density at radius 1 is 1.38 bits per heavy atom. The largest absolute Gasteiger partial charge is 0.493 e. The zero-order valence-corrected chi connectivity index (χ0v) is 9.19. The van der Waals surface area contributed by atoms with Crippen molar-refractivity contribution >= 4 is 5.97 Å². The minimum atomic E-state index is -0.767. The zero-order chi connectivity index (χ0) is 11.4. The predicted molar refractivity (Wildman–Crippen MR) is 60.6 cm³/mol. The summed E-state index contributed by atoms with van der Waals surface area (Å²) >= 11 is 0. The molecule has 1 aliphatic carbocycles. The van der Waals surface area contributed by atoms with Crippen molar-refractivity contribution in [1.29, 1.82) is 0 Å². The molecule has 0 bridgehead atoms. The number of para-hydroxylation sites is 1. The van der Waals surface area contributed by atoms with Gasteiger partial charge in [0, 0.05) is 6.42 Å². The minimum absolute atomic E-state index is 0.157. The lowest BCUT2D eigenvalue weighted by atomic mass is 10.1. The van der Waals surface area contributed by atoms with Gasteiger partial charge in [-0.15, -0.1) is 0 Å². The van der Waals surface area contributed by atoms with Gasteiger partial charge in [0.05, 0.1) is 6.61 Å². The molecule has 0 saturated heterocycles. The number of carboxylic acids is 1. The van der Waals surface area contributed by atoms with E-state index < -0.39 is 5.97 Å². The second-order valence-electron chi connectivity index (χ2n) is 4.26. The highest BCUT2D eigenvalue weighted by Gasteiger charge is 2.22. The van der Waals surface area contributed by atoms with Crippen LogP contribution in [0.1, 0.15) is 24.8 Å². The van der Waals surface area contributed by atoms with Crippen molar-refractivity contribution in [3.8, 4) is 5.75 Å². The number of hydrogen-bond donors (Lipinski definition) is 1. The number of aliphatic carboxylic acids is 1. The van der Waals surface area contributed by atoms with E-state index in [9.17, 15) is 4.79 Å². The van der Waals surface area contributed by atoms with Gasteiger partial charge in [-0.05, 0) is 36.8 Å². The molecule has 16 heavy (non-hydrogen) atoms. The molecule has 0 aromatic heterocycles. The summed E-state index contributed by atoms with van der Waals surface area (Å²) in [7, 11) is 0. The molecule has 0 unspecified atom stereocenters. The number of carbonyl (C=O) groups is 1. The van der Waals surface area contributed by atoms with Gasteiger partial charge >= 0.3 is 5.97 Å². The lowest BCUT2D eigenvalue weighted by molar-refractivity contribution is -0.136. The molecule has 1 aromatic rings. The van der Waals surface area contributed by atoms with E-state index in [2.05, 4.69) is 0 Å². The van der Waals surface area contributed by atoms with E-state index in [0.717, 1.165) is 17.9 Å². The average molecular weight is 220 g/mol. The maximum atomic E-state index is 10.5. The summed E-state index contributed by atoms with van der Waals surface area (Å²) in [5.41, 5.74) is 0.991. The van der Waals surface area contributed by atoms with E-state index in [1.54, 1.807) is 0 Å². The molecule has 0 radical (unpaired) electrons. The Morgan fingerprint density at radius 2 is 2.12 bits per heavy atom. The SMILES string of the molecule is O=C(O)CCc1ccccc1OCC1CC1. The average Bonchev–Trinajstić information content (AvgIpc) is 3.08. The molecule has 0 atom stereocenters. The summed E-state index contributed by atoms with van der Waals surface area (Å²) in [4.78, 5) is 10.5. The number of ether oxygens (including phenoxy) is 1. The molecule has 1 N–H and O–H groups in total. The first kappa shape index (κ1) is 11.0. The fourth-order valence-corrected chi connectivity index (χ4v) is 1.58. The topological polar surface area (TPSA) is 46.5 Å². The maximum absolute atomic E-state index is 10.5. The van der Waals surface area contributed by atoms with E-state index in [-0.39, 0.29) is 6.42 Å². The first-order chi connectivity index (χ1) is 7.75. The Balaban J connectivity index is 1.94. The van der Waals surface area contributed by atoms with Gasteiger partial charge in [0.25, 0.3) is 0 Å². The molecule has 1 fully saturated rings.